The van der Waals surface area contributed by atoms with Crippen LogP contribution in [0.1, 0.15) is 21.5 Å². The van der Waals surface area contributed by atoms with Crippen LogP contribution in [0.25, 0.3) is 0 Å². The van der Waals surface area contributed by atoms with E-state index in [4.69, 9.17) is 0 Å². The molecule has 0 radical (unpaired) electrons. The molecule has 2 aromatic rings. The number of halogens is 2. The Hall–Kier alpha value is -1.48. The average Bonchev–Trinajstić information content (AvgIpc) is 2.80. The van der Waals surface area contributed by atoms with Gasteiger partial charge in [0.05, 0.1) is 0 Å². The number of fused-ring (bicyclic) bond motifs is 1. The molecule has 0 spiro atoms. The minimum atomic E-state index is -0.381. The van der Waals surface area contributed by atoms with Gasteiger partial charge in [-0.25, -0.2) is 4.39 Å². The first-order valence-corrected chi connectivity index (χ1v) is 7.00. The molecule has 0 atom stereocenters. The van der Waals surface area contributed by atoms with Crippen LogP contribution in [0.2, 0.25) is 0 Å². The number of hydrogen-bond acceptors (Lipinski definition) is 1. The molecule has 0 fully saturated rings. The number of rotatable bonds is 2. The molecule has 1 aliphatic carbocycles. The lowest BCUT2D eigenvalue weighted by atomic mass is 9.95. The van der Waals surface area contributed by atoms with Gasteiger partial charge in [0.15, 0.2) is 5.78 Å². The Labute approximate surface area is 119 Å². The quantitative estimate of drug-likeness (QED) is 0.759. The summed E-state index contributed by atoms with van der Waals surface area (Å²) in [5, 5.41) is 0. The highest BCUT2D eigenvalue weighted by Gasteiger charge is 2.28. The van der Waals surface area contributed by atoms with Gasteiger partial charge in [-0.3, -0.25) is 4.79 Å². The molecule has 3 rings (SSSR count). The molecule has 0 N–H and O–H groups in total. The van der Waals surface area contributed by atoms with Crippen molar-refractivity contribution >= 4 is 21.7 Å². The van der Waals surface area contributed by atoms with Gasteiger partial charge in [0.25, 0.3) is 0 Å². The van der Waals surface area contributed by atoms with E-state index in [9.17, 15) is 9.18 Å². The molecule has 0 aromatic heterocycles. The molecule has 1 nitrogen and oxygen atoms in total. The van der Waals surface area contributed by atoms with Gasteiger partial charge >= 0.3 is 0 Å². The third kappa shape index (κ3) is 2.47. The van der Waals surface area contributed by atoms with Crippen LogP contribution in [0, 0.1) is 11.7 Å². The van der Waals surface area contributed by atoms with Crippen molar-refractivity contribution in [2.24, 2.45) is 5.92 Å². The maximum atomic E-state index is 13.4. The van der Waals surface area contributed by atoms with Crippen molar-refractivity contribution in [1.29, 1.82) is 0 Å². The Morgan fingerprint density at radius 3 is 2.32 bits per heavy atom. The standard InChI is InChI=1S/C16H12BrFO/c17-14-7-13(8-15(18)9-14)16(19)12-5-10-3-1-2-4-11(10)6-12/h1-4,7-9,12H,5-6H2. The summed E-state index contributed by atoms with van der Waals surface area (Å²) in [4.78, 5) is 12.4. The van der Waals surface area contributed by atoms with Crippen LogP contribution in [0.4, 0.5) is 4.39 Å². The Balaban J connectivity index is 1.87. The van der Waals surface area contributed by atoms with E-state index in [0.717, 1.165) is 12.8 Å². The van der Waals surface area contributed by atoms with Gasteiger partial charge in [0, 0.05) is 16.0 Å². The summed E-state index contributed by atoms with van der Waals surface area (Å²) >= 11 is 3.23. The van der Waals surface area contributed by atoms with Crippen LogP contribution in [-0.4, -0.2) is 5.78 Å². The number of carbonyl (C=O) groups is 1. The van der Waals surface area contributed by atoms with E-state index >= 15 is 0 Å². The lowest BCUT2D eigenvalue weighted by Gasteiger charge is -2.08. The maximum absolute atomic E-state index is 13.4. The largest absolute Gasteiger partial charge is 0.294 e. The third-order valence-corrected chi connectivity index (χ3v) is 4.03. The molecule has 0 saturated carbocycles. The number of carbonyl (C=O) groups excluding carboxylic acids is 1. The van der Waals surface area contributed by atoms with Gasteiger partial charge in [0.1, 0.15) is 5.82 Å². The Bertz CT molecular complexity index is 606. The molecular weight excluding hydrogens is 307 g/mol. The molecule has 96 valence electrons. The van der Waals surface area contributed by atoms with Gasteiger partial charge in [-0.15, -0.1) is 0 Å². The van der Waals surface area contributed by atoms with Crippen LogP contribution in [0.5, 0.6) is 0 Å². The summed E-state index contributed by atoms with van der Waals surface area (Å²) in [7, 11) is 0. The van der Waals surface area contributed by atoms with Crippen molar-refractivity contribution in [3.05, 3.63) is 69.4 Å². The van der Waals surface area contributed by atoms with E-state index in [2.05, 4.69) is 28.1 Å². The fraction of sp³-hybridized carbons (Fsp3) is 0.188. The Morgan fingerprint density at radius 2 is 1.74 bits per heavy atom. The second-order valence-electron chi connectivity index (χ2n) is 4.90. The van der Waals surface area contributed by atoms with E-state index in [1.54, 1.807) is 6.07 Å². The van der Waals surface area contributed by atoms with Gasteiger partial charge in [-0.2, -0.15) is 0 Å². The number of benzene rings is 2. The SMILES string of the molecule is O=C(c1cc(F)cc(Br)c1)C1Cc2ccccc2C1. The van der Waals surface area contributed by atoms with Crippen molar-refractivity contribution in [2.45, 2.75) is 12.8 Å². The van der Waals surface area contributed by atoms with Crippen LogP contribution in [0.15, 0.2) is 46.9 Å². The summed E-state index contributed by atoms with van der Waals surface area (Å²) in [5.74, 6) is -0.421. The Morgan fingerprint density at radius 1 is 1.11 bits per heavy atom. The first-order chi connectivity index (χ1) is 9.13. The van der Waals surface area contributed by atoms with E-state index in [1.807, 2.05) is 12.1 Å². The molecule has 0 unspecified atom stereocenters. The highest BCUT2D eigenvalue weighted by atomic mass is 79.9. The molecule has 3 heteroatoms. The highest BCUT2D eigenvalue weighted by molar-refractivity contribution is 9.10. The van der Waals surface area contributed by atoms with Crippen LogP contribution in [-0.2, 0) is 12.8 Å². The lowest BCUT2D eigenvalue weighted by molar-refractivity contribution is 0.0924. The normalized spacial score (nSPS) is 14.4. The fourth-order valence-electron chi connectivity index (χ4n) is 2.68. The molecule has 0 amide bonds. The fourth-order valence-corrected chi connectivity index (χ4v) is 3.14. The number of Topliss-reactive ketones (excluding diaryl/α,β-unsaturated/α-hetero) is 1. The third-order valence-electron chi connectivity index (χ3n) is 3.57. The Kier molecular flexibility index (Phi) is 3.23. The van der Waals surface area contributed by atoms with E-state index in [-0.39, 0.29) is 17.5 Å². The van der Waals surface area contributed by atoms with Crippen molar-refractivity contribution in [3.63, 3.8) is 0 Å². The van der Waals surface area contributed by atoms with Crippen LogP contribution < -0.4 is 0 Å². The topological polar surface area (TPSA) is 17.1 Å². The molecular formula is C16H12BrFO. The molecule has 1 aliphatic rings. The summed E-state index contributed by atoms with van der Waals surface area (Å²) in [6, 6.07) is 12.5. The molecule has 0 bridgehead atoms. The maximum Gasteiger partial charge on any atom is 0.166 e. The summed E-state index contributed by atoms with van der Waals surface area (Å²) in [6.07, 6.45) is 1.51. The molecule has 2 aromatic carbocycles. The van der Waals surface area contributed by atoms with Gasteiger partial charge in [-0.05, 0) is 42.2 Å². The summed E-state index contributed by atoms with van der Waals surface area (Å²) in [6.45, 7) is 0. The van der Waals surface area contributed by atoms with E-state index in [1.165, 1.54) is 23.3 Å². The van der Waals surface area contributed by atoms with Crippen LogP contribution >= 0.6 is 15.9 Å². The number of hydrogen-bond donors (Lipinski definition) is 0. The molecule has 0 saturated heterocycles. The van der Waals surface area contributed by atoms with Gasteiger partial charge in [-0.1, -0.05) is 40.2 Å². The minimum absolute atomic E-state index is 0.0244. The zero-order valence-electron chi connectivity index (χ0n) is 10.2. The number of ketones is 1. The van der Waals surface area contributed by atoms with Crippen LogP contribution in [0.3, 0.4) is 0 Å². The predicted octanol–water partition coefficient (Wildman–Crippen LogP) is 4.19. The lowest BCUT2D eigenvalue weighted by Crippen LogP contribution is -2.15. The van der Waals surface area contributed by atoms with Crippen molar-refractivity contribution in [1.82, 2.24) is 0 Å². The van der Waals surface area contributed by atoms with E-state index in [0.29, 0.717) is 10.0 Å². The van der Waals surface area contributed by atoms with Crippen molar-refractivity contribution in [3.8, 4) is 0 Å². The first kappa shape index (κ1) is 12.5. The van der Waals surface area contributed by atoms with Gasteiger partial charge < -0.3 is 0 Å². The summed E-state index contributed by atoms with van der Waals surface area (Å²) < 4.78 is 14.0. The second kappa shape index (κ2) is 4.89. The average molecular weight is 319 g/mol. The first-order valence-electron chi connectivity index (χ1n) is 6.20. The van der Waals surface area contributed by atoms with Gasteiger partial charge in [0.2, 0.25) is 0 Å². The minimum Gasteiger partial charge on any atom is -0.294 e. The molecule has 0 aliphatic heterocycles. The highest BCUT2D eigenvalue weighted by Crippen LogP contribution is 2.29. The second-order valence-corrected chi connectivity index (χ2v) is 5.81. The monoisotopic (exact) mass is 318 g/mol. The zero-order valence-corrected chi connectivity index (χ0v) is 11.8. The predicted molar refractivity (Wildman–Crippen MR) is 75.8 cm³/mol. The molecule has 0 heterocycles. The van der Waals surface area contributed by atoms with Crippen molar-refractivity contribution < 1.29 is 9.18 Å². The smallest absolute Gasteiger partial charge is 0.166 e. The zero-order chi connectivity index (χ0) is 13.4. The summed E-state index contributed by atoms with van der Waals surface area (Å²) in [5.41, 5.74) is 2.91. The van der Waals surface area contributed by atoms with Crippen molar-refractivity contribution in [2.75, 3.05) is 0 Å². The van der Waals surface area contributed by atoms with E-state index < -0.39 is 0 Å². The molecule has 19 heavy (non-hydrogen) atoms.